The second-order valence-electron chi connectivity index (χ2n) is 8.45. The molecule has 0 aromatic heterocycles. The van der Waals surface area contributed by atoms with Gasteiger partial charge < -0.3 is 9.57 Å². The number of ether oxygens (including phenoxy) is 1. The van der Waals surface area contributed by atoms with Crippen molar-refractivity contribution in [2.45, 2.75) is 43.5 Å². The van der Waals surface area contributed by atoms with E-state index in [2.05, 4.69) is 17.0 Å². The topological polar surface area (TPSA) is 114 Å². The second-order valence-corrected chi connectivity index (χ2v) is 10.9. The standard InChI is InChI=1S/C22H28N2O6S/c1-22(21(25)23-26,31(3,27)28)13-19-12-20(24-30-19)18-8-6-15(7-9-18)4-5-16-10-17(11-16)14-29-2/h6-9,16-17,19,26H,10-14H2,1-3H3,(H,23,25). The van der Waals surface area contributed by atoms with Gasteiger partial charge in [-0.3, -0.25) is 10.0 Å². The summed E-state index contributed by atoms with van der Waals surface area (Å²) in [6.07, 6.45) is 2.76. The molecule has 8 nitrogen and oxygen atoms in total. The lowest BCUT2D eigenvalue weighted by molar-refractivity contribution is -0.132. The Hall–Kier alpha value is -2.41. The van der Waals surface area contributed by atoms with Gasteiger partial charge in [0.1, 0.15) is 6.10 Å². The van der Waals surface area contributed by atoms with E-state index in [1.54, 1.807) is 7.11 Å². The first-order chi connectivity index (χ1) is 14.7. The SMILES string of the molecule is COCC1CC(C#Cc2ccc(C3=NOC(CC(C)(C(=O)NO)S(C)(=O)=O)C3)cc2)C1. The Morgan fingerprint density at radius 3 is 2.61 bits per heavy atom. The fraction of sp³-hybridized carbons (Fsp3) is 0.545. The average molecular weight is 449 g/mol. The van der Waals surface area contributed by atoms with Gasteiger partial charge in [-0.15, -0.1) is 0 Å². The van der Waals surface area contributed by atoms with Crippen LogP contribution in [0.25, 0.3) is 0 Å². The minimum absolute atomic E-state index is 0.125. The first-order valence-electron chi connectivity index (χ1n) is 10.1. The Bertz CT molecular complexity index is 1000. The molecule has 1 saturated carbocycles. The van der Waals surface area contributed by atoms with Crippen LogP contribution in [-0.4, -0.2) is 56.1 Å². The average Bonchev–Trinajstić information content (AvgIpc) is 3.16. The molecule has 3 rings (SSSR count). The van der Waals surface area contributed by atoms with Crippen LogP contribution < -0.4 is 5.48 Å². The van der Waals surface area contributed by atoms with E-state index in [-0.39, 0.29) is 6.42 Å². The summed E-state index contributed by atoms with van der Waals surface area (Å²) in [6, 6.07) is 7.64. The second kappa shape index (κ2) is 9.39. The summed E-state index contributed by atoms with van der Waals surface area (Å²) in [5.41, 5.74) is 3.88. The van der Waals surface area contributed by atoms with Gasteiger partial charge in [-0.05, 0) is 43.4 Å². The molecule has 1 fully saturated rings. The van der Waals surface area contributed by atoms with Crippen LogP contribution in [0.4, 0.5) is 0 Å². The number of carbonyl (C=O) groups is 1. The number of sulfone groups is 1. The predicted octanol–water partition coefficient (Wildman–Crippen LogP) is 1.90. The molecular formula is C22H28N2O6S. The van der Waals surface area contributed by atoms with Crippen LogP contribution in [0.1, 0.15) is 43.7 Å². The zero-order valence-electron chi connectivity index (χ0n) is 17.9. The molecule has 1 heterocycles. The first-order valence-corrected chi connectivity index (χ1v) is 12.0. The molecule has 1 aliphatic carbocycles. The quantitative estimate of drug-likeness (QED) is 0.374. The number of hydrogen-bond donors (Lipinski definition) is 2. The molecule has 1 aromatic rings. The van der Waals surface area contributed by atoms with Gasteiger partial charge in [-0.1, -0.05) is 29.1 Å². The van der Waals surface area contributed by atoms with Crippen LogP contribution >= 0.6 is 0 Å². The molecule has 2 unspecified atom stereocenters. The van der Waals surface area contributed by atoms with E-state index in [9.17, 15) is 13.2 Å². The molecule has 0 saturated heterocycles. The van der Waals surface area contributed by atoms with Gasteiger partial charge in [0.2, 0.25) is 0 Å². The maximum atomic E-state index is 12.1. The maximum absolute atomic E-state index is 12.1. The van der Waals surface area contributed by atoms with Crippen LogP contribution in [0.15, 0.2) is 29.4 Å². The molecule has 2 atom stereocenters. The van der Waals surface area contributed by atoms with Gasteiger partial charge in [0.15, 0.2) is 14.6 Å². The molecule has 0 bridgehead atoms. The third-order valence-electron chi connectivity index (χ3n) is 6.03. The van der Waals surface area contributed by atoms with Gasteiger partial charge in [0.05, 0.1) is 5.71 Å². The normalized spacial score (nSPS) is 24.6. The Balaban J connectivity index is 1.59. The largest absolute Gasteiger partial charge is 0.392 e. The number of rotatable bonds is 7. The molecule has 31 heavy (non-hydrogen) atoms. The fourth-order valence-electron chi connectivity index (χ4n) is 3.83. The number of carbonyl (C=O) groups excluding carboxylic acids is 1. The van der Waals surface area contributed by atoms with E-state index < -0.39 is 26.6 Å². The number of nitrogens with one attached hydrogen (secondary N) is 1. The summed E-state index contributed by atoms with van der Waals surface area (Å²) in [6.45, 7) is 2.06. The molecule has 9 heteroatoms. The third-order valence-corrected chi connectivity index (χ3v) is 8.02. The smallest absolute Gasteiger partial charge is 0.264 e. The molecule has 168 valence electrons. The van der Waals surface area contributed by atoms with Crippen molar-refractivity contribution in [2.75, 3.05) is 20.0 Å². The number of methoxy groups -OCH3 is 1. The molecule has 1 aliphatic heterocycles. The highest BCUT2D eigenvalue weighted by Crippen LogP contribution is 2.33. The number of benzene rings is 1. The summed E-state index contributed by atoms with van der Waals surface area (Å²) in [7, 11) is -2.07. The van der Waals surface area contributed by atoms with Crippen molar-refractivity contribution in [1.82, 2.24) is 5.48 Å². The number of hydroxylamine groups is 1. The number of hydrogen-bond acceptors (Lipinski definition) is 7. The Morgan fingerprint density at radius 1 is 1.35 bits per heavy atom. The minimum atomic E-state index is -3.79. The molecule has 2 aliphatic rings. The van der Waals surface area contributed by atoms with E-state index in [1.807, 2.05) is 24.3 Å². The van der Waals surface area contributed by atoms with Crippen molar-refractivity contribution >= 4 is 21.5 Å². The zero-order valence-corrected chi connectivity index (χ0v) is 18.7. The highest BCUT2D eigenvalue weighted by molar-refractivity contribution is 7.92. The Kier molecular flexibility index (Phi) is 7.04. The van der Waals surface area contributed by atoms with Crippen molar-refractivity contribution in [3.8, 4) is 11.8 Å². The fourth-order valence-corrected chi connectivity index (χ4v) is 4.70. The van der Waals surface area contributed by atoms with E-state index in [1.165, 1.54) is 12.4 Å². The van der Waals surface area contributed by atoms with Crippen LogP contribution in [0.3, 0.4) is 0 Å². The molecular weight excluding hydrogens is 420 g/mol. The lowest BCUT2D eigenvalue weighted by atomic mass is 9.76. The maximum Gasteiger partial charge on any atom is 0.264 e. The van der Waals surface area contributed by atoms with Gasteiger partial charge in [-0.25, -0.2) is 13.9 Å². The van der Waals surface area contributed by atoms with Crippen LogP contribution in [0.5, 0.6) is 0 Å². The van der Waals surface area contributed by atoms with Crippen LogP contribution in [0, 0.1) is 23.7 Å². The Morgan fingerprint density at radius 2 is 2.03 bits per heavy atom. The van der Waals surface area contributed by atoms with Crippen molar-refractivity contribution < 1.29 is 28.0 Å². The highest BCUT2D eigenvalue weighted by atomic mass is 32.2. The number of amides is 1. The first kappa shape index (κ1) is 23.3. The summed E-state index contributed by atoms with van der Waals surface area (Å²) >= 11 is 0. The molecule has 0 spiro atoms. The van der Waals surface area contributed by atoms with Gasteiger partial charge in [0.25, 0.3) is 5.91 Å². The molecule has 2 N–H and O–H groups in total. The minimum Gasteiger partial charge on any atom is -0.392 e. The summed E-state index contributed by atoms with van der Waals surface area (Å²) in [5.74, 6) is 6.56. The predicted molar refractivity (Wildman–Crippen MR) is 115 cm³/mol. The van der Waals surface area contributed by atoms with Crippen molar-refractivity contribution in [3.63, 3.8) is 0 Å². The van der Waals surface area contributed by atoms with Crippen molar-refractivity contribution in [1.29, 1.82) is 0 Å². The van der Waals surface area contributed by atoms with Crippen LogP contribution in [0.2, 0.25) is 0 Å². The third kappa shape index (κ3) is 5.26. The van der Waals surface area contributed by atoms with E-state index in [0.29, 0.717) is 24.0 Å². The zero-order chi connectivity index (χ0) is 22.6. The van der Waals surface area contributed by atoms with Crippen molar-refractivity contribution in [3.05, 3.63) is 35.4 Å². The van der Waals surface area contributed by atoms with Crippen LogP contribution in [-0.2, 0) is 24.2 Å². The highest BCUT2D eigenvalue weighted by Gasteiger charge is 2.47. The number of oxime groups is 1. The summed E-state index contributed by atoms with van der Waals surface area (Å²) in [5, 5.41) is 13.0. The Labute approximate surface area is 182 Å². The summed E-state index contributed by atoms with van der Waals surface area (Å²) in [4.78, 5) is 17.4. The summed E-state index contributed by atoms with van der Waals surface area (Å²) < 4.78 is 27.6. The van der Waals surface area contributed by atoms with E-state index in [4.69, 9.17) is 14.8 Å². The monoisotopic (exact) mass is 448 g/mol. The van der Waals surface area contributed by atoms with Gasteiger partial charge >= 0.3 is 0 Å². The lowest BCUT2D eigenvalue weighted by Crippen LogP contribution is -2.51. The van der Waals surface area contributed by atoms with E-state index in [0.717, 1.165) is 36.8 Å². The van der Waals surface area contributed by atoms with Gasteiger partial charge in [-0.2, -0.15) is 0 Å². The van der Waals surface area contributed by atoms with E-state index >= 15 is 0 Å². The lowest BCUT2D eigenvalue weighted by Gasteiger charge is -2.30. The van der Waals surface area contributed by atoms with Crippen molar-refractivity contribution in [2.24, 2.45) is 17.0 Å². The molecule has 0 radical (unpaired) electrons. The molecule has 1 amide bonds. The van der Waals surface area contributed by atoms with Gasteiger partial charge in [0, 0.05) is 44.3 Å². The molecule has 1 aromatic carbocycles. The number of nitrogens with zero attached hydrogens (tertiary/aromatic N) is 1.